The van der Waals surface area contributed by atoms with E-state index in [0.717, 1.165) is 0 Å². The lowest BCUT2D eigenvalue weighted by molar-refractivity contribution is -0.151. The predicted octanol–water partition coefficient (Wildman–Crippen LogP) is 3.61. The molecule has 0 aromatic heterocycles. The Morgan fingerprint density at radius 2 is 2.05 bits per heavy atom. The molecule has 2 rings (SSSR count). The number of benzene rings is 1. The number of alkyl halides is 3. The van der Waals surface area contributed by atoms with Gasteiger partial charge in [-0.15, -0.1) is 11.8 Å². The number of halogens is 3. The van der Waals surface area contributed by atoms with Crippen LogP contribution >= 0.6 is 11.8 Å². The molecule has 0 bridgehead atoms. The normalized spacial score (nSPS) is 17.1. The van der Waals surface area contributed by atoms with E-state index in [0.29, 0.717) is 4.90 Å². The van der Waals surface area contributed by atoms with Crippen LogP contribution in [-0.2, 0) is 0 Å². The summed E-state index contributed by atoms with van der Waals surface area (Å²) in [6.07, 6.45) is -2.75. The lowest BCUT2D eigenvalue weighted by Crippen LogP contribution is -2.39. The molecular formula is C12H12F3NO2S. The Morgan fingerprint density at radius 3 is 2.47 bits per heavy atom. The molecule has 0 amide bonds. The van der Waals surface area contributed by atoms with E-state index in [1.54, 1.807) is 18.4 Å². The van der Waals surface area contributed by atoms with Crippen LogP contribution in [0, 0.1) is 0 Å². The molecule has 0 spiro atoms. The summed E-state index contributed by atoms with van der Waals surface area (Å²) in [5.41, 5.74) is -2.05. The summed E-state index contributed by atoms with van der Waals surface area (Å²) in [5, 5.41) is 11.5. The van der Waals surface area contributed by atoms with Gasteiger partial charge in [0.15, 0.2) is 0 Å². The number of hydrogen-bond acceptors (Lipinski definition) is 3. The van der Waals surface area contributed by atoms with Crippen molar-refractivity contribution in [3.05, 3.63) is 23.8 Å². The third-order valence-electron chi connectivity index (χ3n) is 3.13. The highest BCUT2D eigenvalue weighted by Crippen LogP contribution is 2.51. The van der Waals surface area contributed by atoms with Gasteiger partial charge in [-0.25, -0.2) is 4.79 Å². The second-order valence-corrected chi connectivity index (χ2v) is 5.24. The predicted molar refractivity (Wildman–Crippen MR) is 66.8 cm³/mol. The minimum Gasteiger partial charge on any atom is -0.478 e. The van der Waals surface area contributed by atoms with E-state index < -0.39 is 17.7 Å². The van der Waals surface area contributed by atoms with Crippen LogP contribution in [0.3, 0.4) is 0 Å². The summed E-state index contributed by atoms with van der Waals surface area (Å²) in [6, 6.07) is 4.49. The van der Waals surface area contributed by atoms with E-state index in [2.05, 4.69) is 5.32 Å². The number of nitrogens with one attached hydrogen (secondary N) is 1. The Morgan fingerprint density at radius 1 is 1.42 bits per heavy atom. The summed E-state index contributed by atoms with van der Waals surface area (Å²) in [7, 11) is 0. The second kappa shape index (κ2) is 4.63. The first kappa shape index (κ1) is 14.0. The molecule has 0 radical (unpaired) electrons. The molecule has 1 aromatic rings. The van der Waals surface area contributed by atoms with Crippen molar-refractivity contribution in [2.45, 2.75) is 29.5 Å². The van der Waals surface area contributed by atoms with E-state index >= 15 is 0 Å². The number of anilines is 1. The van der Waals surface area contributed by atoms with Gasteiger partial charge in [0, 0.05) is 4.90 Å². The molecular weight excluding hydrogens is 279 g/mol. The zero-order valence-corrected chi connectivity index (χ0v) is 10.9. The Balaban J connectivity index is 2.39. The van der Waals surface area contributed by atoms with E-state index in [4.69, 9.17) is 5.11 Å². The SMILES string of the molecule is CSc1cccc(NC2(C(F)(F)F)CC2)c1C(=O)O. The number of aromatic carboxylic acids is 1. The average Bonchev–Trinajstić information content (AvgIpc) is 3.08. The zero-order valence-electron chi connectivity index (χ0n) is 10.0. The van der Waals surface area contributed by atoms with Gasteiger partial charge in [0.25, 0.3) is 0 Å². The van der Waals surface area contributed by atoms with Crippen LogP contribution in [0.1, 0.15) is 23.2 Å². The first-order chi connectivity index (χ1) is 8.81. The molecule has 1 aromatic carbocycles. The summed E-state index contributed by atoms with van der Waals surface area (Å²) < 4.78 is 38.6. The summed E-state index contributed by atoms with van der Waals surface area (Å²) in [4.78, 5) is 11.7. The highest BCUT2D eigenvalue weighted by molar-refractivity contribution is 7.98. The molecule has 2 N–H and O–H groups in total. The maximum atomic E-state index is 12.9. The average molecular weight is 291 g/mol. The van der Waals surface area contributed by atoms with Crippen LogP contribution in [0.25, 0.3) is 0 Å². The molecule has 0 heterocycles. The quantitative estimate of drug-likeness (QED) is 0.832. The molecule has 1 aliphatic carbocycles. The molecule has 104 valence electrons. The van der Waals surface area contributed by atoms with Crippen LogP contribution in [0.2, 0.25) is 0 Å². The molecule has 3 nitrogen and oxygen atoms in total. The highest BCUT2D eigenvalue weighted by Gasteiger charge is 2.63. The number of hydrogen-bond donors (Lipinski definition) is 2. The maximum absolute atomic E-state index is 12.9. The third kappa shape index (κ3) is 2.51. The van der Waals surface area contributed by atoms with Crippen LogP contribution in [0.4, 0.5) is 18.9 Å². The molecule has 19 heavy (non-hydrogen) atoms. The van der Waals surface area contributed by atoms with Gasteiger partial charge >= 0.3 is 12.1 Å². The van der Waals surface area contributed by atoms with Crippen molar-refractivity contribution in [2.75, 3.05) is 11.6 Å². The van der Waals surface area contributed by atoms with Crippen molar-refractivity contribution in [1.82, 2.24) is 0 Å². The monoisotopic (exact) mass is 291 g/mol. The third-order valence-corrected chi connectivity index (χ3v) is 3.91. The number of thioether (sulfide) groups is 1. The molecule has 0 saturated heterocycles. The topological polar surface area (TPSA) is 49.3 Å². The van der Waals surface area contributed by atoms with Crippen molar-refractivity contribution in [3.63, 3.8) is 0 Å². The summed E-state index contributed by atoms with van der Waals surface area (Å²) in [6.45, 7) is 0. The number of carboxylic acids is 1. The van der Waals surface area contributed by atoms with Crippen molar-refractivity contribution < 1.29 is 23.1 Å². The fraction of sp³-hybridized carbons (Fsp3) is 0.417. The minimum absolute atomic E-state index is 0.0224. The fourth-order valence-corrected chi connectivity index (χ4v) is 2.50. The van der Waals surface area contributed by atoms with E-state index in [9.17, 15) is 18.0 Å². The molecule has 1 fully saturated rings. The Hall–Kier alpha value is -1.37. The van der Waals surface area contributed by atoms with Crippen LogP contribution in [0.15, 0.2) is 23.1 Å². The van der Waals surface area contributed by atoms with Gasteiger partial charge in [-0.2, -0.15) is 13.2 Å². The van der Waals surface area contributed by atoms with Crippen LogP contribution in [0.5, 0.6) is 0 Å². The van der Waals surface area contributed by atoms with Gasteiger partial charge in [-0.1, -0.05) is 6.07 Å². The Bertz CT molecular complexity index is 512. The lowest BCUT2D eigenvalue weighted by atomic mass is 10.1. The van der Waals surface area contributed by atoms with Gasteiger partial charge in [0.2, 0.25) is 0 Å². The Labute approximate surface area is 112 Å². The van der Waals surface area contributed by atoms with Gasteiger partial charge < -0.3 is 10.4 Å². The fourth-order valence-electron chi connectivity index (χ4n) is 1.89. The Kier molecular flexibility index (Phi) is 3.42. The van der Waals surface area contributed by atoms with E-state index in [1.165, 1.54) is 17.8 Å². The smallest absolute Gasteiger partial charge is 0.411 e. The largest absolute Gasteiger partial charge is 0.478 e. The van der Waals surface area contributed by atoms with Crippen LogP contribution < -0.4 is 5.32 Å². The standard InChI is InChI=1S/C12H12F3NO2S/c1-19-8-4-2-3-7(9(8)10(17)18)16-11(5-6-11)12(13,14)15/h2-4,16H,5-6H2,1H3,(H,17,18). The molecule has 7 heteroatoms. The molecule has 1 saturated carbocycles. The van der Waals surface area contributed by atoms with Crippen molar-refractivity contribution in [1.29, 1.82) is 0 Å². The lowest BCUT2D eigenvalue weighted by Gasteiger charge is -2.23. The second-order valence-electron chi connectivity index (χ2n) is 4.39. The number of rotatable bonds is 4. The van der Waals surface area contributed by atoms with Crippen LogP contribution in [-0.4, -0.2) is 29.0 Å². The number of carbonyl (C=O) groups is 1. The van der Waals surface area contributed by atoms with E-state index in [-0.39, 0.29) is 24.1 Å². The molecule has 0 unspecified atom stereocenters. The van der Waals surface area contributed by atoms with Crippen molar-refractivity contribution >= 4 is 23.4 Å². The zero-order chi connectivity index (χ0) is 14.3. The molecule has 1 aliphatic rings. The van der Waals surface area contributed by atoms with Gasteiger partial charge in [0.05, 0.1) is 11.3 Å². The first-order valence-electron chi connectivity index (χ1n) is 5.56. The van der Waals surface area contributed by atoms with Gasteiger partial charge in [-0.3, -0.25) is 0 Å². The maximum Gasteiger partial charge on any atom is 0.411 e. The van der Waals surface area contributed by atoms with Crippen molar-refractivity contribution in [3.8, 4) is 0 Å². The molecule has 0 atom stereocenters. The van der Waals surface area contributed by atoms with Gasteiger partial charge in [0.1, 0.15) is 5.54 Å². The first-order valence-corrected chi connectivity index (χ1v) is 6.78. The van der Waals surface area contributed by atoms with Gasteiger partial charge in [-0.05, 0) is 31.2 Å². The molecule has 0 aliphatic heterocycles. The van der Waals surface area contributed by atoms with Crippen molar-refractivity contribution in [2.24, 2.45) is 0 Å². The highest BCUT2D eigenvalue weighted by atomic mass is 32.2. The number of carboxylic acid groups (broad SMARTS) is 1. The summed E-state index contributed by atoms with van der Waals surface area (Å²) in [5.74, 6) is -1.23. The van der Waals surface area contributed by atoms with E-state index in [1.807, 2.05) is 0 Å². The summed E-state index contributed by atoms with van der Waals surface area (Å²) >= 11 is 1.19. The minimum atomic E-state index is -4.38.